The average molecular weight is 855 g/mol. The molecule has 0 radical (unpaired) electrons. The summed E-state index contributed by atoms with van der Waals surface area (Å²) in [6.45, 7) is 31.0. The number of methoxy groups -OCH3 is 4. The van der Waals surface area contributed by atoms with Gasteiger partial charge in [0.2, 0.25) is 12.6 Å². The zero-order valence-electron chi connectivity index (χ0n) is 39.2. The molecule has 0 amide bonds. The third-order valence-corrected chi connectivity index (χ3v) is 7.07. The fourth-order valence-corrected chi connectivity index (χ4v) is 4.70. The molecule has 58 heavy (non-hydrogen) atoms. The largest absolute Gasteiger partial charge is 0.356 e. The van der Waals surface area contributed by atoms with Gasteiger partial charge >= 0.3 is 0 Å². The zero-order valence-corrected chi connectivity index (χ0v) is 39.2. The van der Waals surface area contributed by atoms with Gasteiger partial charge in [-0.25, -0.2) is 0 Å². The minimum Gasteiger partial charge on any atom is -0.356 e. The van der Waals surface area contributed by atoms with E-state index in [0.29, 0.717) is 92.1 Å². The van der Waals surface area contributed by atoms with Gasteiger partial charge in [0.05, 0.1) is 0 Å². The van der Waals surface area contributed by atoms with Crippen LogP contribution in [-0.4, -0.2) is 158 Å². The first kappa shape index (κ1) is 66.5. The molecule has 0 heterocycles. The van der Waals surface area contributed by atoms with Crippen LogP contribution in [0.2, 0.25) is 0 Å². The number of rotatable bonds is 37. The summed E-state index contributed by atoms with van der Waals surface area (Å²) < 4.78 is 84.9. The molecule has 0 saturated carbocycles. The molecule has 0 saturated heterocycles. The lowest BCUT2D eigenvalue weighted by atomic mass is 10.2. The third kappa shape index (κ3) is 43.4. The van der Waals surface area contributed by atoms with Crippen molar-refractivity contribution in [1.82, 2.24) is 0 Å². The molecule has 0 atom stereocenters. The van der Waals surface area contributed by atoms with Gasteiger partial charge in [-0.05, 0) is 102 Å². The smallest absolute Gasteiger partial charge is 0.209 e. The Labute approximate surface area is 356 Å². The molecule has 0 aromatic heterocycles. The highest BCUT2D eigenvalue weighted by Gasteiger charge is 2.23. The molecule has 0 N–H and O–H groups in total. The molecular weight excluding hydrogens is 760 g/mol. The molecule has 0 rings (SSSR count). The number of ether oxygens (including phenoxy) is 16. The molecule has 0 fully saturated rings. The van der Waals surface area contributed by atoms with Crippen molar-refractivity contribution < 1.29 is 75.8 Å². The highest BCUT2D eigenvalue weighted by molar-refractivity contribution is 4.53. The Morgan fingerprint density at radius 2 is 0.448 bits per heavy atom. The van der Waals surface area contributed by atoms with Crippen LogP contribution in [0.3, 0.4) is 0 Å². The Bertz CT molecular complexity index is 616. The van der Waals surface area contributed by atoms with E-state index in [4.69, 9.17) is 75.8 Å². The third-order valence-electron chi connectivity index (χ3n) is 7.07. The van der Waals surface area contributed by atoms with Gasteiger partial charge in [-0.15, -0.1) is 0 Å². The number of hydrogen-bond donors (Lipinski definition) is 0. The zero-order chi connectivity index (χ0) is 44.0. The van der Waals surface area contributed by atoms with E-state index >= 15 is 0 Å². The van der Waals surface area contributed by atoms with E-state index in [1.54, 1.807) is 28.4 Å². The summed E-state index contributed by atoms with van der Waals surface area (Å²) in [5.41, 5.74) is 0. The van der Waals surface area contributed by atoms with Crippen LogP contribution in [0, 0.1) is 0 Å². The molecule has 0 unspecified atom stereocenters. The Hall–Kier alpha value is -0.640. The van der Waals surface area contributed by atoms with Crippen molar-refractivity contribution in [2.75, 3.05) is 108 Å². The van der Waals surface area contributed by atoms with Crippen molar-refractivity contribution in [2.24, 2.45) is 0 Å². The lowest BCUT2D eigenvalue weighted by Crippen LogP contribution is -2.36. The van der Waals surface area contributed by atoms with Crippen LogP contribution in [0.4, 0.5) is 0 Å². The average Bonchev–Trinajstić information content (AvgIpc) is 3.20. The molecule has 0 aliphatic heterocycles. The quantitative estimate of drug-likeness (QED) is 0.0553. The van der Waals surface area contributed by atoms with Gasteiger partial charge in [0.15, 0.2) is 37.7 Å². The normalized spacial score (nSPS) is 11.4. The Morgan fingerprint density at radius 1 is 0.259 bits per heavy atom. The van der Waals surface area contributed by atoms with Crippen molar-refractivity contribution in [3.8, 4) is 0 Å². The van der Waals surface area contributed by atoms with Crippen molar-refractivity contribution in [3.63, 3.8) is 0 Å². The summed E-state index contributed by atoms with van der Waals surface area (Å²) >= 11 is 0. The lowest BCUT2D eigenvalue weighted by Gasteiger charge is -2.25. The monoisotopic (exact) mass is 855 g/mol. The van der Waals surface area contributed by atoms with Crippen LogP contribution in [0.1, 0.15) is 123 Å². The van der Waals surface area contributed by atoms with E-state index < -0.39 is 12.6 Å². The Morgan fingerprint density at radius 3 is 0.638 bits per heavy atom. The summed E-state index contributed by atoms with van der Waals surface area (Å²) in [6.07, 6.45) is 1.92. The van der Waals surface area contributed by atoms with Gasteiger partial charge in [-0.2, -0.15) is 0 Å². The Balaban J connectivity index is -0.000000216. The van der Waals surface area contributed by atoms with Gasteiger partial charge < -0.3 is 75.8 Å². The summed E-state index contributed by atoms with van der Waals surface area (Å²) in [5, 5.41) is 0. The fourth-order valence-electron chi connectivity index (χ4n) is 4.70. The molecule has 0 aromatic rings. The molecule has 0 aliphatic rings. The van der Waals surface area contributed by atoms with Crippen molar-refractivity contribution in [2.45, 2.75) is 173 Å². The van der Waals surface area contributed by atoms with Crippen LogP contribution < -0.4 is 0 Å². The predicted molar refractivity (Wildman–Crippen MR) is 228 cm³/mol. The van der Waals surface area contributed by atoms with E-state index in [1.165, 1.54) is 0 Å². The van der Waals surface area contributed by atoms with E-state index in [9.17, 15) is 0 Å². The molecule has 0 aliphatic carbocycles. The molecule has 16 nitrogen and oxygen atoms in total. The van der Waals surface area contributed by atoms with Crippen LogP contribution in [-0.2, 0) is 75.8 Å². The van der Waals surface area contributed by atoms with Gasteiger partial charge in [0, 0.05) is 121 Å². The van der Waals surface area contributed by atoms with Gasteiger partial charge in [0.1, 0.15) is 0 Å². The molecule has 358 valence electrons. The van der Waals surface area contributed by atoms with Gasteiger partial charge in [-0.3, -0.25) is 0 Å². The molecular formula is C42H94O16. The number of hydrogen-bond acceptors (Lipinski definition) is 16. The standard InChI is InChI=1S/C13H28O4.C11H24O4.C10H22O4.C7H16O4.CH4/c1-5-14-12(15-6-2)10-9-11-13(16-7-3)17-8-4;1-5-12-10(13-6-2)9-11(14-7-3)15-8-4;1-5-11-9(12-6-2)10(13-7-3)14-8-4;1-8-6(9-2)5-7(10-3)11-4;/h12-13H,5-11H2,1-4H3;10-11H,5-9H2,1-4H3;9-10H,5-8H2,1-4H3;6-7H,5H2,1-4H3;1H4. The van der Waals surface area contributed by atoms with Crippen molar-refractivity contribution >= 4 is 0 Å². The highest BCUT2D eigenvalue weighted by atomic mass is 16.8. The van der Waals surface area contributed by atoms with Crippen molar-refractivity contribution in [3.05, 3.63) is 0 Å². The SMILES string of the molecule is C.CCOC(CC(OCC)OCC)OCC.CCOC(CCCC(OCC)OCC)OCC.CCOC(OCC)C(OCC)OCC.COC(CC(OC)OC)OC. The van der Waals surface area contributed by atoms with E-state index in [1.807, 2.05) is 83.1 Å². The van der Waals surface area contributed by atoms with Crippen LogP contribution in [0.5, 0.6) is 0 Å². The Kier molecular flexibility index (Phi) is 62.3. The highest BCUT2D eigenvalue weighted by Crippen LogP contribution is 2.13. The van der Waals surface area contributed by atoms with Crippen LogP contribution in [0.25, 0.3) is 0 Å². The maximum Gasteiger partial charge on any atom is 0.209 e. The molecule has 0 aromatic carbocycles. The minimum absolute atomic E-state index is 0. The predicted octanol–water partition coefficient (Wildman–Crippen LogP) is 8.16. The minimum atomic E-state index is -0.426. The van der Waals surface area contributed by atoms with Crippen LogP contribution in [0.15, 0.2) is 0 Å². The van der Waals surface area contributed by atoms with Crippen LogP contribution >= 0.6 is 0 Å². The second-order valence-electron chi connectivity index (χ2n) is 11.1. The maximum atomic E-state index is 5.48. The van der Waals surface area contributed by atoms with E-state index in [-0.39, 0.29) is 45.2 Å². The lowest BCUT2D eigenvalue weighted by molar-refractivity contribution is -0.281. The second kappa shape index (κ2) is 54.4. The first-order valence-electron chi connectivity index (χ1n) is 21.1. The van der Waals surface area contributed by atoms with Crippen molar-refractivity contribution in [1.29, 1.82) is 0 Å². The summed E-state index contributed by atoms with van der Waals surface area (Å²) in [6, 6.07) is 0. The maximum absolute atomic E-state index is 5.48. The van der Waals surface area contributed by atoms with E-state index in [2.05, 4.69) is 0 Å². The first-order chi connectivity index (χ1) is 27.6. The molecule has 16 heteroatoms. The first-order valence-corrected chi connectivity index (χ1v) is 21.1. The van der Waals surface area contributed by atoms with E-state index in [0.717, 1.165) is 19.3 Å². The fraction of sp³-hybridized carbons (Fsp3) is 1.00. The van der Waals surface area contributed by atoms with Gasteiger partial charge in [-0.1, -0.05) is 7.43 Å². The summed E-state index contributed by atoms with van der Waals surface area (Å²) in [7, 11) is 6.32. The second-order valence-corrected chi connectivity index (χ2v) is 11.1. The summed E-state index contributed by atoms with van der Waals surface area (Å²) in [4.78, 5) is 0. The van der Waals surface area contributed by atoms with Gasteiger partial charge in [0.25, 0.3) is 0 Å². The topological polar surface area (TPSA) is 148 Å². The molecule has 0 spiro atoms. The summed E-state index contributed by atoms with van der Waals surface area (Å²) in [5.74, 6) is 0. The molecule has 0 bridgehead atoms.